The molecule has 2 rings (SSSR count). The lowest BCUT2D eigenvalue weighted by atomic mass is 10.2. The number of nitrogens with two attached hydrogens (primary N) is 1. The minimum Gasteiger partial charge on any atom is -0.487 e. The van der Waals surface area contributed by atoms with Crippen molar-refractivity contribution >= 4 is 34.8 Å². The van der Waals surface area contributed by atoms with Gasteiger partial charge in [-0.3, -0.25) is 10.1 Å². The first-order valence-electron chi connectivity index (χ1n) is 6.13. The third kappa shape index (κ3) is 4.44. The second-order valence-corrected chi connectivity index (χ2v) is 5.08. The molecule has 0 aliphatic rings. The molecule has 2 aromatic carbocycles. The molecule has 0 aromatic heterocycles. The third-order valence-corrected chi connectivity index (χ3v) is 3.07. The second kappa shape index (κ2) is 7.06. The highest BCUT2D eigenvalue weighted by molar-refractivity contribution is 7.80. The number of hydrogen-bond acceptors (Lipinski definition) is 3. The van der Waals surface area contributed by atoms with Crippen molar-refractivity contribution in [3.05, 3.63) is 64.7 Å². The Morgan fingerprint density at radius 3 is 2.57 bits per heavy atom. The van der Waals surface area contributed by atoms with E-state index in [1.165, 1.54) is 6.07 Å². The molecule has 108 valence electrons. The molecule has 6 heteroatoms. The Bertz CT molecular complexity index is 662. The summed E-state index contributed by atoms with van der Waals surface area (Å²) in [6, 6.07) is 14.5. The molecule has 0 unspecified atom stereocenters. The van der Waals surface area contributed by atoms with Crippen LogP contribution in [-0.2, 0) is 6.61 Å². The van der Waals surface area contributed by atoms with Crippen LogP contribution >= 0.6 is 23.8 Å². The predicted molar refractivity (Wildman–Crippen MR) is 86.5 cm³/mol. The molecule has 0 saturated carbocycles. The molecular formula is C15H13ClN2O2S. The van der Waals surface area contributed by atoms with Crippen molar-refractivity contribution in [3.63, 3.8) is 0 Å². The summed E-state index contributed by atoms with van der Waals surface area (Å²) >= 11 is 10.7. The van der Waals surface area contributed by atoms with Crippen LogP contribution in [0.1, 0.15) is 15.9 Å². The number of carbonyl (C=O) groups is 1. The minimum absolute atomic E-state index is 0.0828. The van der Waals surface area contributed by atoms with Crippen LogP contribution in [-0.4, -0.2) is 11.0 Å². The fraction of sp³-hybridized carbons (Fsp3) is 0.0667. The highest BCUT2D eigenvalue weighted by atomic mass is 35.5. The summed E-state index contributed by atoms with van der Waals surface area (Å²) < 4.78 is 5.62. The highest BCUT2D eigenvalue weighted by Gasteiger charge is 2.10. The average Bonchev–Trinajstić information content (AvgIpc) is 2.46. The maximum atomic E-state index is 11.7. The Labute approximate surface area is 132 Å². The molecule has 3 N–H and O–H groups in total. The van der Waals surface area contributed by atoms with Gasteiger partial charge in [0.2, 0.25) is 0 Å². The van der Waals surface area contributed by atoms with Crippen LogP contribution in [0.4, 0.5) is 0 Å². The smallest absolute Gasteiger partial charge is 0.257 e. The average molecular weight is 321 g/mol. The molecule has 21 heavy (non-hydrogen) atoms. The highest BCUT2D eigenvalue weighted by Crippen LogP contribution is 2.26. The van der Waals surface area contributed by atoms with Gasteiger partial charge in [-0.15, -0.1) is 0 Å². The predicted octanol–water partition coefficient (Wildman–Crippen LogP) is 2.89. The molecule has 1 amide bonds. The molecular weight excluding hydrogens is 308 g/mol. The normalized spacial score (nSPS) is 9.95. The van der Waals surface area contributed by atoms with Gasteiger partial charge in [-0.05, 0) is 36.0 Å². The van der Waals surface area contributed by atoms with E-state index in [4.69, 9.17) is 22.1 Å². The van der Waals surface area contributed by atoms with Crippen molar-refractivity contribution in [2.45, 2.75) is 6.61 Å². The fourth-order valence-corrected chi connectivity index (χ4v) is 2.01. The van der Waals surface area contributed by atoms with Crippen molar-refractivity contribution in [1.82, 2.24) is 5.32 Å². The van der Waals surface area contributed by atoms with E-state index < -0.39 is 5.91 Å². The van der Waals surface area contributed by atoms with E-state index in [-0.39, 0.29) is 5.11 Å². The van der Waals surface area contributed by atoms with Gasteiger partial charge in [0.05, 0.1) is 5.02 Å². The van der Waals surface area contributed by atoms with E-state index in [1.807, 2.05) is 30.3 Å². The number of rotatable bonds is 4. The number of thiocarbonyl (C=S) groups is 1. The number of halogens is 1. The minimum atomic E-state index is -0.404. The Morgan fingerprint density at radius 1 is 1.24 bits per heavy atom. The van der Waals surface area contributed by atoms with E-state index in [0.717, 1.165) is 5.56 Å². The maximum Gasteiger partial charge on any atom is 0.257 e. The number of hydrogen-bond donors (Lipinski definition) is 2. The van der Waals surface area contributed by atoms with Crippen LogP contribution < -0.4 is 15.8 Å². The Balaban J connectivity index is 2.05. The van der Waals surface area contributed by atoms with Gasteiger partial charge in [0.15, 0.2) is 5.11 Å². The lowest BCUT2D eigenvalue weighted by molar-refractivity contribution is 0.0977. The Kier molecular flexibility index (Phi) is 5.14. The molecule has 0 fully saturated rings. The summed E-state index contributed by atoms with van der Waals surface area (Å²) in [7, 11) is 0. The first kappa shape index (κ1) is 15.3. The first-order valence-corrected chi connectivity index (χ1v) is 6.92. The number of benzene rings is 2. The van der Waals surface area contributed by atoms with Crippen molar-refractivity contribution in [2.75, 3.05) is 0 Å². The zero-order valence-corrected chi connectivity index (χ0v) is 12.6. The van der Waals surface area contributed by atoms with E-state index >= 15 is 0 Å². The summed E-state index contributed by atoms with van der Waals surface area (Å²) in [5.74, 6) is 0.103. The van der Waals surface area contributed by atoms with Crippen molar-refractivity contribution in [1.29, 1.82) is 0 Å². The third-order valence-electron chi connectivity index (χ3n) is 2.67. The van der Waals surface area contributed by atoms with Gasteiger partial charge in [0, 0.05) is 5.56 Å². The van der Waals surface area contributed by atoms with Crippen LogP contribution in [0.25, 0.3) is 0 Å². The maximum absolute atomic E-state index is 11.7. The van der Waals surface area contributed by atoms with Crippen LogP contribution in [0.3, 0.4) is 0 Å². The Hall–Kier alpha value is -2.11. The largest absolute Gasteiger partial charge is 0.487 e. The van der Waals surface area contributed by atoms with Crippen molar-refractivity contribution in [2.24, 2.45) is 5.73 Å². The van der Waals surface area contributed by atoms with Crippen LogP contribution in [0.5, 0.6) is 5.75 Å². The standard InChI is InChI=1S/C15H13ClN2O2S/c16-12-8-11(14(19)18-15(17)21)6-7-13(12)20-9-10-4-2-1-3-5-10/h1-8H,9H2,(H3,17,18,19,21). The molecule has 0 aliphatic heterocycles. The number of ether oxygens (including phenoxy) is 1. The van der Waals surface area contributed by atoms with Crippen LogP contribution in [0.15, 0.2) is 48.5 Å². The monoisotopic (exact) mass is 320 g/mol. The number of carbonyl (C=O) groups excluding carboxylic acids is 1. The van der Waals surface area contributed by atoms with E-state index in [2.05, 4.69) is 17.5 Å². The zero-order chi connectivity index (χ0) is 15.2. The molecule has 0 spiro atoms. The van der Waals surface area contributed by atoms with Crippen LogP contribution in [0, 0.1) is 0 Å². The van der Waals surface area contributed by atoms with E-state index in [0.29, 0.717) is 22.9 Å². The Morgan fingerprint density at radius 2 is 1.95 bits per heavy atom. The van der Waals surface area contributed by atoms with E-state index in [1.54, 1.807) is 12.1 Å². The van der Waals surface area contributed by atoms with Gasteiger partial charge in [0.1, 0.15) is 12.4 Å². The second-order valence-electron chi connectivity index (χ2n) is 4.24. The summed E-state index contributed by atoms with van der Waals surface area (Å²) in [4.78, 5) is 11.7. The molecule has 4 nitrogen and oxygen atoms in total. The van der Waals surface area contributed by atoms with Crippen molar-refractivity contribution < 1.29 is 9.53 Å². The number of amides is 1. The van der Waals surface area contributed by atoms with Gasteiger partial charge >= 0.3 is 0 Å². The topological polar surface area (TPSA) is 64.3 Å². The molecule has 2 aromatic rings. The lowest BCUT2D eigenvalue weighted by Crippen LogP contribution is -2.34. The fourth-order valence-electron chi connectivity index (χ4n) is 1.68. The molecule has 0 saturated heterocycles. The molecule has 0 bridgehead atoms. The first-order chi connectivity index (χ1) is 10.1. The van der Waals surface area contributed by atoms with Gasteiger partial charge in [-0.2, -0.15) is 0 Å². The summed E-state index contributed by atoms with van der Waals surface area (Å²) in [6.45, 7) is 0.402. The molecule has 0 atom stereocenters. The summed E-state index contributed by atoms with van der Waals surface area (Å²) in [6.07, 6.45) is 0. The summed E-state index contributed by atoms with van der Waals surface area (Å²) in [5, 5.41) is 2.60. The molecule has 0 heterocycles. The summed E-state index contributed by atoms with van der Waals surface area (Å²) in [5.41, 5.74) is 6.64. The van der Waals surface area contributed by atoms with Crippen molar-refractivity contribution in [3.8, 4) is 5.75 Å². The van der Waals surface area contributed by atoms with E-state index in [9.17, 15) is 4.79 Å². The lowest BCUT2D eigenvalue weighted by Gasteiger charge is -2.09. The quantitative estimate of drug-likeness (QED) is 0.850. The van der Waals surface area contributed by atoms with Gasteiger partial charge < -0.3 is 10.5 Å². The zero-order valence-electron chi connectivity index (χ0n) is 11.0. The van der Waals surface area contributed by atoms with Gasteiger partial charge in [-0.25, -0.2) is 0 Å². The van der Waals surface area contributed by atoms with Crippen LogP contribution in [0.2, 0.25) is 5.02 Å². The van der Waals surface area contributed by atoms with Gasteiger partial charge in [0.25, 0.3) is 5.91 Å². The SMILES string of the molecule is NC(=S)NC(=O)c1ccc(OCc2ccccc2)c(Cl)c1. The number of nitrogens with one attached hydrogen (secondary N) is 1. The van der Waals surface area contributed by atoms with Gasteiger partial charge in [-0.1, -0.05) is 41.9 Å². The molecule has 0 radical (unpaired) electrons. The molecule has 0 aliphatic carbocycles.